The molecule has 2 saturated carbocycles. The van der Waals surface area contributed by atoms with Gasteiger partial charge in [0.05, 0.1) is 0 Å². The molecule has 9 atom stereocenters. The van der Waals surface area contributed by atoms with Crippen molar-refractivity contribution in [3.8, 4) is 0 Å². The molecular formula is C29H40Si. The number of hydrogen-bond acceptors (Lipinski definition) is 0. The fraction of sp³-hybridized carbons (Fsp3) is 0.586. The molecule has 0 aromatic carbocycles. The zero-order valence-electron chi connectivity index (χ0n) is 20.5. The average molecular weight is 417 g/mol. The standard InChI is InChI=1S/C29H40Si/c1-20-14-13-15-21-22(30)28(7)25(4)18-11-9-16-23(25,2)24(3)17-10-12-19-26(24,5)29(28,8)27(20,21)6/h9-19,21-22H,1-8,30H3. The van der Waals surface area contributed by atoms with E-state index in [0.29, 0.717) is 11.5 Å². The zero-order valence-corrected chi connectivity index (χ0v) is 22.5. The molecule has 0 heterocycles. The van der Waals surface area contributed by atoms with Crippen LogP contribution >= 0.6 is 0 Å². The Bertz CT molecular complexity index is 1010. The predicted octanol–water partition coefficient (Wildman–Crippen LogP) is 6.60. The molecule has 0 aliphatic heterocycles. The highest BCUT2D eigenvalue weighted by atomic mass is 28.1. The maximum Gasteiger partial charge on any atom is 0.00828 e. The Kier molecular flexibility index (Phi) is 3.66. The van der Waals surface area contributed by atoms with E-state index in [1.807, 2.05) is 0 Å². The molecule has 0 amide bonds. The van der Waals surface area contributed by atoms with Crippen LogP contribution in [0.4, 0.5) is 0 Å². The van der Waals surface area contributed by atoms with Gasteiger partial charge in [-0.1, -0.05) is 121 Å². The van der Waals surface area contributed by atoms with Gasteiger partial charge in [0.1, 0.15) is 0 Å². The Morgan fingerprint density at radius 1 is 0.667 bits per heavy atom. The molecule has 1 heteroatoms. The van der Waals surface area contributed by atoms with Crippen LogP contribution in [-0.4, -0.2) is 10.2 Å². The van der Waals surface area contributed by atoms with Gasteiger partial charge in [0.25, 0.3) is 0 Å². The van der Waals surface area contributed by atoms with Crippen molar-refractivity contribution < 1.29 is 0 Å². The first-order valence-electron chi connectivity index (χ1n) is 11.9. The maximum absolute atomic E-state index is 2.69. The third kappa shape index (κ3) is 1.51. The largest absolute Gasteiger partial charge is 0.0806 e. The first-order chi connectivity index (χ1) is 13.8. The van der Waals surface area contributed by atoms with E-state index in [9.17, 15) is 0 Å². The molecule has 160 valence electrons. The van der Waals surface area contributed by atoms with Crippen LogP contribution in [-0.2, 0) is 0 Å². The topological polar surface area (TPSA) is 0 Å². The molecule has 5 aliphatic rings. The van der Waals surface area contributed by atoms with Crippen LogP contribution in [0.1, 0.15) is 55.4 Å². The summed E-state index contributed by atoms with van der Waals surface area (Å²) in [7, 11) is 1.21. The van der Waals surface area contributed by atoms with Gasteiger partial charge in [0.15, 0.2) is 0 Å². The lowest BCUT2D eigenvalue weighted by Crippen LogP contribution is -2.75. The van der Waals surface area contributed by atoms with Crippen molar-refractivity contribution in [2.45, 2.75) is 60.9 Å². The van der Waals surface area contributed by atoms with Crippen molar-refractivity contribution >= 4 is 10.2 Å². The highest BCUT2D eigenvalue weighted by Gasteiger charge is 2.86. The van der Waals surface area contributed by atoms with Gasteiger partial charge in [0, 0.05) is 37.3 Å². The zero-order chi connectivity index (χ0) is 22.0. The normalized spacial score (nSPS) is 60.1. The fourth-order valence-electron chi connectivity index (χ4n) is 10.3. The van der Waals surface area contributed by atoms with Crippen LogP contribution in [0.15, 0.2) is 72.4 Å². The van der Waals surface area contributed by atoms with E-state index in [4.69, 9.17) is 0 Å². The summed E-state index contributed by atoms with van der Waals surface area (Å²) < 4.78 is 0. The summed E-state index contributed by atoms with van der Waals surface area (Å²) in [5, 5.41) is 0. The van der Waals surface area contributed by atoms with Crippen molar-refractivity contribution in [1.29, 1.82) is 0 Å². The highest BCUT2D eigenvalue weighted by molar-refractivity contribution is 6.13. The van der Waals surface area contributed by atoms with Crippen LogP contribution in [0.5, 0.6) is 0 Å². The number of rotatable bonds is 0. The summed E-state index contributed by atoms with van der Waals surface area (Å²) in [5.41, 5.74) is 2.92. The van der Waals surface area contributed by atoms with Crippen molar-refractivity contribution in [2.75, 3.05) is 0 Å². The quantitative estimate of drug-likeness (QED) is 0.390. The maximum atomic E-state index is 2.69. The second-order valence-corrected chi connectivity index (χ2v) is 13.6. The monoisotopic (exact) mass is 416 g/mol. The van der Waals surface area contributed by atoms with Crippen molar-refractivity contribution in [1.82, 2.24) is 0 Å². The molecule has 9 unspecified atom stereocenters. The summed E-state index contributed by atoms with van der Waals surface area (Å²) in [6.45, 7) is 20.8. The number of allylic oxidation sites excluding steroid dienone is 12. The fourth-order valence-corrected chi connectivity index (χ4v) is 12.3. The van der Waals surface area contributed by atoms with Crippen LogP contribution < -0.4 is 0 Å². The Labute approximate surface area is 187 Å². The van der Waals surface area contributed by atoms with E-state index in [0.717, 1.165) is 0 Å². The van der Waals surface area contributed by atoms with Crippen molar-refractivity contribution in [2.24, 2.45) is 43.8 Å². The molecule has 5 rings (SSSR count). The second kappa shape index (κ2) is 5.34. The smallest absolute Gasteiger partial charge is 0.00828 e. The minimum atomic E-state index is 0.0274. The van der Waals surface area contributed by atoms with Crippen molar-refractivity contribution in [3.05, 3.63) is 72.4 Å². The lowest BCUT2D eigenvalue weighted by Gasteiger charge is -2.80. The van der Waals surface area contributed by atoms with Crippen LogP contribution in [0.3, 0.4) is 0 Å². The van der Waals surface area contributed by atoms with Crippen molar-refractivity contribution in [3.63, 3.8) is 0 Å². The molecule has 0 nitrogen and oxygen atoms in total. The first-order valence-corrected chi connectivity index (χ1v) is 13.1. The van der Waals surface area contributed by atoms with Crippen LogP contribution in [0.2, 0.25) is 5.54 Å². The van der Waals surface area contributed by atoms with E-state index in [2.05, 4.69) is 122 Å². The lowest BCUT2D eigenvalue weighted by atomic mass is 9.23. The summed E-state index contributed by atoms with van der Waals surface area (Å²) >= 11 is 0. The molecule has 0 N–H and O–H groups in total. The van der Waals surface area contributed by atoms with Gasteiger partial charge < -0.3 is 0 Å². The SMILES string of the molecule is CC1=CC=CC2C([SiH3])C3(C)C4(C)C=CC=CC4(C)C4(C)C=CC=CC4(C)C3(C)C12C. The van der Waals surface area contributed by atoms with Crippen LogP contribution in [0.25, 0.3) is 0 Å². The molecule has 0 bridgehead atoms. The molecular weight excluding hydrogens is 376 g/mol. The van der Waals surface area contributed by atoms with E-state index < -0.39 is 0 Å². The van der Waals surface area contributed by atoms with Gasteiger partial charge in [0.2, 0.25) is 0 Å². The van der Waals surface area contributed by atoms with Gasteiger partial charge >= 0.3 is 0 Å². The van der Waals surface area contributed by atoms with Gasteiger partial charge in [-0.05, 0) is 29.2 Å². The molecule has 2 fully saturated rings. The van der Waals surface area contributed by atoms with Gasteiger partial charge in [-0.25, -0.2) is 0 Å². The Hall–Kier alpha value is -1.34. The number of hydrogen-bond donors (Lipinski definition) is 0. The molecule has 5 aliphatic carbocycles. The predicted molar refractivity (Wildman–Crippen MR) is 133 cm³/mol. The molecule has 0 aromatic rings. The first kappa shape index (κ1) is 20.6. The highest BCUT2D eigenvalue weighted by Crippen LogP contribution is 2.91. The average Bonchev–Trinajstić information content (AvgIpc) is 2.85. The van der Waals surface area contributed by atoms with E-state index in [1.54, 1.807) is 5.57 Å². The molecule has 0 aromatic heterocycles. The Balaban J connectivity index is 1.99. The van der Waals surface area contributed by atoms with E-state index >= 15 is 0 Å². The number of fused-ring (bicyclic) bond motifs is 8. The molecule has 0 saturated heterocycles. The minimum absolute atomic E-state index is 0.0274. The van der Waals surface area contributed by atoms with Crippen LogP contribution in [0, 0.1) is 43.8 Å². The minimum Gasteiger partial charge on any atom is -0.0806 e. The third-order valence-electron chi connectivity index (χ3n) is 13.0. The summed E-state index contributed by atoms with van der Waals surface area (Å²) in [6.07, 6.45) is 27.0. The second-order valence-electron chi connectivity index (χ2n) is 12.3. The molecule has 0 radical (unpaired) electrons. The lowest BCUT2D eigenvalue weighted by molar-refractivity contribution is -0.262. The van der Waals surface area contributed by atoms with Gasteiger partial charge in [-0.2, -0.15) is 0 Å². The van der Waals surface area contributed by atoms with E-state index in [1.165, 1.54) is 10.2 Å². The van der Waals surface area contributed by atoms with Gasteiger partial charge in [-0.15, -0.1) is 0 Å². The summed E-state index contributed by atoms with van der Waals surface area (Å²) in [4.78, 5) is 0. The third-order valence-corrected chi connectivity index (χ3v) is 14.8. The Morgan fingerprint density at radius 3 is 1.70 bits per heavy atom. The van der Waals surface area contributed by atoms with E-state index in [-0.39, 0.29) is 37.9 Å². The van der Waals surface area contributed by atoms with Gasteiger partial charge in [-0.3, -0.25) is 0 Å². The molecule has 0 spiro atoms. The summed E-state index contributed by atoms with van der Waals surface area (Å²) in [6, 6.07) is 0. The summed E-state index contributed by atoms with van der Waals surface area (Å²) in [5.74, 6) is 0.614. The Morgan fingerprint density at radius 2 is 1.13 bits per heavy atom. The molecule has 30 heavy (non-hydrogen) atoms.